The molecule has 1 aliphatic rings. The van der Waals surface area contributed by atoms with E-state index in [9.17, 15) is 9.59 Å². The first-order valence-corrected chi connectivity index (χ1v) is 13.6. The molecule has 0 radical (unpaired) electrons. The molecule has 0 fully saturated rings. The number of hydrogen-bond donors (Lipinski definition) is 0. The highest BCUT2D eigenvalue weighted by Crippen LogP contribution is 2.34. The Bertz CT molecular complexity index is 1180. The second-order valence-electron chi connectivity index (χ2n) is 10.0. The molecule has 0 unspecified atom stereocenters. The summed E-state index contributed by atoms with van der Waals surface area (Å²) in [4.78, 5) is 32.2. The highest BCUT2D eigenvalue weighted by atomic mass is 32.1. The van der Waals surface area contributed by atoms with Gasteiger partial charge >= 0.3 is 0 Å². The van der Waals surface area contributed by atoms with E-state index in [4.69, 9.17) is 4.74 Å². The van der Waals surface area contributed by atoms with Crippen molar-refractivity contribution in [3.8, 4) is 5.75 Å². The Hall–Kier alpha value is -3.12. The second-order valence-corrected chi connectivity index (χ2v) is 11.0. The Balaban J connectivity index is 1.54. The van der Waals surface area contributed by atoms with Crippen LogP contribution in [0, 0.1) is 19.8 Å². The van der Waals surface area contributed by atoms with Gasteiger partial charge in [-0.15, -0.1) is 11.3 Å². The first-order chi connectivity index (χ1) is 17.3. The van der Waals surface area contributed by atoms with Crippen LogP contribution in [-0.4, -0.2) is 47.9 Å². The molecule has 0 aliphatic carbocycles. The molecule has 1 aliphatic heterocycles. The first-order valence-electron chi connectivity index (χ1n) is 12.7. The maximum Gasteiger partial charge on any atom is 0.254 e. The summed E-state index contributed by atoms with van der Waals surface area (Å²) >= 11 is 1.74. The third-order valence-corrected chi connectivity index (χ3v) is 7.81. The molecule has 2 aromatic carbocycles. The van der Waals surface area contributed by atoms with Crippen molar-refractivity contribution in [3.05, 3.63) is 87.1 Å². The van der Waals surface area contributed by atoms with Crippen molar-refractivity contribution < 1.29 is 14.3 Å². The number of ether oxygens (including phenoxy) is 1. The Labute approximate surface area is 218 Å². The maximum atomic E-state index is 13.8. The molecule has 5 nitrogen and oxygen atoms in total. The summed E-state index contributed by atoms with van der Waals surface area (Å²) in [7, 11) is 0. The van der Waals surface area contributed by atoms with Crippen molar-refractivity contribution in [3.63, 3.8) is 0 Å². The van der Waals surface area contributed by atoms with Gasteiger partial charge in [0.1, 0.15) is 18.9 Å². The fraction of sp³-hybridized carbons (Fsp3) is 0.400. The van der Waals surface area contributed by atoms with Crippen LogP contribution in [0.25, 0.3) is 0 Å². The molecular formula is C30H36N2O3S. The van der Waals surface area contributed by atoms with Crippen LogP contribution in [0.3, 0.4) is 0 Å². The fourth-order valence-electron chi connectivity index (χ4n) is 4.59. The molecule has 0 spiro atoms. The molecule has 1 atom stereocenters. The van der Waals surface area contributed by atoms with Gasteiger partial charge in [0, 0.05) is 23.5 Å². The van der Waals surface area contributed by atoms with Gasteiger partial charge in [0.05, 0.1) is 6.04 Å². The summed E-state index contributed by atoms with van der Waals surface area (Å²) in [6.45, 7) is 9.90. The van der Waals surface area contributed by atoms with Crippen LogP contribution in [0.1, 0.15) is 58.2 Å². The molecule has 3 aromatic rings. The number of benzene rings is 2. The van der Waals surface area contributed by atoms with Crippen molar-refractivity contribution >= 4 is 23.2 Å². The van der Waals surface area contributed by atoms with Gasteiger partial charge in [-0.05, 0) is 73.4 Å². The lowest BCUT2D eigenvalue weighted by Gasteiger charge is -2.37. The van der Waals surface area contributed by atoms with E-state index in [-0.39, 0.29) is 24.4 Å². The van der Waals surface area contributed by atoms with Crippen molar-refractivity contribution in [2.45, 2.75) is 46.6 Å². The molecular weight excluding hydrogens is 468 g/mol. The standard InChI is InChI=1S/C30H36N2O3S/c1-21(2)13-16-31(30(34)25-8-6-5-7-23(25)4)19-29(33)32-17-14-28-26(15-18-36-28)27(32)20-35-24-11-9-22(3)10-12-24/h5-12,15,18,21,27H,13-14,16-17,19-20H2,1-4H3/t27-/m1/s1. The van der Waals surface area contributed by atoms with Gasteiger partial charge < -0.3 is 14.5 Å². The lowest BCUT2D eigenvalue weighted by atomic mass is 10.00. The topological polar surface area (TPSA) is 49.9 Å². The molecule has 0 bridgehead atoms. The largest absolute Gasteiger partial charge is 0.491 e. The zero-order valence-electron chi connectivity index (χ0n) is 21.7. The number of nitrogens with zero attached hydrogens (tertiary/aromatic N) is 2. The predicted molar refractivity (Wildman–Crippen MR) is 146 cm³/mol. The van der Waals surface area contributed by atoms with Gasteiger partial charge in [0.25, 0.3) is 5.91 Å². The number of fused-ring (bicyclic) bond motifs is 1. The summed E-state index contributed by atoms with van der Waals surface area (Å²) in [6, 6.07) is 17.5. The van der Waals surface area contributed by atoms with Gasteiger partial charge in [-0.25, -0.2) is 0 Å². The van der Waals surface area contributed by atoms with E-state index < -0.39 is 0 Å². The number of carbonyl (C=O) groups excluding carboxylic acids is 2. The van der Waals surface area contributed by atoms with Gasteiger partial charge in [0.15, 0.2) is 0 Å². The van der Waals surface area contributed by atoms with Gasteiger partial charge in [-0.3, -0.25) is 9.59 Å². The van der Waals surface area contributed by atoms with Crippen LogP contribution in [-0.2, 0) is 11.2 Å². The van der Waals surface area contributed by atoms with Crippen LogP contribution in [0.2, 0.25) is 0 Å². The number of carbonyl (C=O) groups is 2. The van der Waals surface area contributed by atoms with E-state index >= 15 is 0 Å². The second kappa shape index (κ2) is 11.7. The van der Waals surface area contributed by atoms with E-state index in [1.807, 2.05) is 67.3 Å². The Kier molecular flexibility index (Phi) is 8.47. The Morgan fingerprint density at radius 3 is 2.56 bits per heavy atom. The molecule has 36 heavy (non-hydrogen) atoms. The van der Waals surface area contributed by atoms with E-state index in [0.717, 1.165) is 29.7 Å². The molecule has 4 rings (SSSR count). The molecule has 2 amide bonds. The fourth-order valence-corrected chi connectivity index (χ4v) is 5.52. The van der Waals surface area contributed by atoms with E-state index in [2.05, 4.69) is 25.3 Å². The van der Waals surface area contributed by atoms with Crippen LogP contribution in [0.5, 0.6) is 5.75 Å². The minimum absolute atomic E-state index is 0.0324. The molecule has 0 saturated heterocycles. The third-order valence-electron chi connectivity index (χ3n) is 6.81. The number of thiophene rings is 1. The van der Waals surface area contributed by atoms with Crippen molar-refractivity contribution in [2.75, 3.05) is 26.2 Å². The summed E-state index contributed by atoms with van der Waals surface area (Å²) in [5.74, 6) is 1.12. The first kappa shape index (κ1) is 26.0. The van der Waals surface area contributed by atoms with Gasteiger partial charge in [0.2, 0.25) is 5.91 Å². The SMILES string of the molecule is Cc1ccc(OC[C@@H]2c3ccsc3CCN2C(=O)CN(CCC(C)C)C(=O)c2ccccc2C)cc1. The Morgan fingerprint density at radius 2 is 1.83 bits per heavy atom. The van der Waals surface area contributed by atoms with E-state index in [1.54, 1.807) is 16.2 Å². The average Bonchev–Trinajstić information content (AvgIpc) is 3.35. The third kappa shape index (κ3) is 6.16. The van der Waals surface area contributed by atoms with Gasteiger partial charge in [-0.2, -0.15) is 0 Å². The predicted octanol–water partition coefficient (Wildman–Crippen LogP) is 6.06. The number of hydrogen-bond acceptors (Lipinski definition) is 4. The molecule has 6 heteroatoms. The molecule has 0 N–H and O–H groups in total. The summed E-state index contributed by atoms with van der Waals surface area (Å²) in [5, 5.41) is 2.09. The van der Waals surface area contributed by atoms with E-state index in [1.165, 1.54) is 10.4 Å². The minimum atomic E-state index is -0.172. The smallest absolute Gasteiger partial charge is 0.254 e. The highest BCUT2D eigenvalue weighted by Gasteiger charge is 2.33. The zero-order chi connectivity index (χ0) is 25.7. The molecule has 1 aromatic heterocycles. The quantitative estimate of drug-likeness (QED) is 0.356. The molecule has 190 valence electrons. The zero-order valence-corrected chi connectivity index (χ0v) is 22.5. The van der Waals surface area contributed by atoms with Crippen LogP contribution in [0.15, 0.2) is 60.0 Å². The lowest BCUT2D eigenvalue weighted by molar-refractivity contribution is -0.135. The van der Waals surface area contributed by atoms with Gasteiger partial charge in [-0.1, -0.05) is 49.7 Å². The van der Waals surface area contributed by atoms with Crippen molar-refractivity contribution in [1.82, 2.24) is 9.80 Å². The van der Waals surface area contributed by atoms with Crippen LogP contribution in [0.4, 0.5) is 0 Å². The van der Waals surface area contributed by atoms with Crippen LogP contribution >= 0.6 is 11.3 Å². The molecule has 2 heterocycles. The summed E-state index contributed by atoms with van der Waals surface area (Å²) in [5.41, 5.74) is 3.92. The van der Waals surface area contributed by atoms with E-state index in [0.29, 0.717) is 31.2 Å². The number of rotatable bonds is 9. The Morgan fingerprint density at radius 1 is 1.08 bits per heavy atom. The summed E-state index contributed by atoms with van der Waals surface area (Å²) < 4.78 is 6.15. The van der Waals surface area contributed by atoms with Crippen LogP contribution < -0.4 is 4.74 Å². The summed E-state index contributed by atoms with van der Waals surface area (Å²) in [6.07, 6.45) is 1.68. The lowest BCUT2D eigenvalue weighted by Crippen LogP contribution is -2.48. The van der Waals surface area contributed by atoms with Crippen molar-refractivity contribution in [1.29, 1.82) is 0 Å². The highest BCUT2D eigenvalue weighted by molar-refractivity contribution is 7.10. The molecule has 0 saturated carbocycles. The number of aryl methyl sites for hydroxylation is 2. The minimum Gasteiger partial charge on any atom is -0.491 e. The van der Waals surface area contributed by atoms with Crippen molar-refractivity contribution in [2.24, 2.45) is 5.92 Å². The average molecular weight is 505 g/mol. The number of amides is 2. The normalized spacial score (nSPS) is 15.0. The monoisotopic (exact) mass is 504 g/mol. The maximum absolute atomic E-state index is 13.8.